The van der Waals surface area contributed by atoms with E-state index in [-0.39, 0.29) is 0 Å². The lowest BCUT2D eigenvalue weighted by atomic mass is 9.80. The summed E-state index contributed by atoms with van der Waals surface area (Å²) in [6.45, 7) is 4.69. The molecule has 1 heterocycles. The molecule has 3 rings (SSSR count). The number of hydrogen-bond donors (Lipinski definition) is 1. The summed E-state index contributed by atoms with van der Waals surface area (Å²) < 4.78 is 0. The van der Waals surface area contributed by atoms with Crippen LogP contribution in [0.2, 0.25) is 0 Å². The topological polar surface area (TPSA) is 37.8 Å². The van der Waals surface area contributed by atoms with Crippen LogP contribution in [0, 0.1) is 11.8 Å². The highest BCUT2D eigenvalue weighted by Crippen LogP contribution is 2.30. The number of rotatable bonds is 2. The Kier molecular flexibility index (Phi) is 3.36. The molecule has 0 amide bonds. The van der Waals surface area contributed by atoms with Crippen molar-refractivity contribution in [3.05, 3.63) is 30.5 Å². The Bertz CT molecular complexity index is 557. The second-order valence-corrected chi connectivity index (χ2v) is 6.00. The lowest BCUT2D eigenvalue weighted by Gasteiger charge is -2.32. The molecule has 3 heteroatoms. The molecule has 19 heavy (non-hydrogen) atoms. The average molecular weight is 255 g/mol. The summed E-state index contributed by atoms with van der Waals surface area (Å²) in [6.07, 6.45) is 5.67. The molecular weight excluding hydrogens is 234 g/mol. The fourth-order valence-corrected chi connectivity index (χ4v) is 3.30. The van der Waals surface area contributed by atoms with Crippen LogP contribution in [0.25, 0.3) is 11.0 Å². The van der Waals surface area contributed by atoms with Crippen LogP contribution in [-0.4, -0.2) is 16.0 Å². The van der Waals surface area contributed by atoms with Gasteiger partial charge in [0, 0.05) is 6.04 Å². The van der Waals surface area contributed by atoms with Crippen molar-refractivity contribution in [2.75, 3.05) is 5.32 Å². The maximum atomic E-state index is 4.65. The molecule has 1 aromatic heterocycles. The van der Waals surface area contributed by atoms with E-state index in [1.54, 1.807) is 0 Å². The minimum Gasteiger partial charge on any atom is -0.366 e. The third-order valence-electron chi connectivity index (χ3n) is 3.98. The number of nitrogens with zero attached hydrogens (tertiary/aromatic N) is 2. The Morgan fingerprint density at radius 1 is 1.00 bits per heavy atom. The molecule has 1 aromatic carbocycles. The number of fused-ring (bicyclic) bond motifs is 1. The Balaban J connectivity index is 1.77. The van der Waals surface area contributed by atoms with Gasteiger partial charge < -0.3 is 5.32 Å². The molecule has 0 radical (unpaired) electrons. The van der Waals surface area contributed by atoms with E-state index < -0.39 is 0 Å². The molecule has 1 fully saturated rings. The van der Waals surface area contributed by atoms with Crippen LogP contribution >= 0.6 is 0 Å². The van der Waals surface area contributed by atoms with Crippen molar-refractivity contribution in [2.24, 2.45) is 11.8 Å². The van der Waals surface area contributed by atoms with Crippen molar-refractivity contribution in [3.8, 4) is 0 Å². The lowest BCUT2D eigenvalue weighted by Crippen LogP contribution is -2.30. The molecular formula is C16H21N3. The van der Waals surface area contributed by atoms with Gasteiger partial charge in [0.25, 0.3) is 0 Å². The highest BCUT2D eigenvalue weighted by molar-refractivity contribution is 5.75. The predicted octanol–water partition coefficient (Wildman–Crippen LogP) is 3.87. The molecule has 0 bridgehead atoms. The van der Waals surface area contributed by atoms with Gasteiger partial charge in [0.15, 0.2) is 0 Å². The van der Waals surface area contributed by atoms with Crippen molar-refractivity contribution >= 4 is 16.9 Å². The van der Waals surface area contributed by atoms with E-state index in [2.05, 4.69) is 29.1 Å². The van der Waals surface area contributed by atoms with Crippen LogP contribution < -0.4 is 5.32 Å². The number of benzene rings is 1. The van der Waals surface area contributed by atoms with Gasteiger partial charge in [0.1, 0.15) is 5.82 Å². The first-order valence-electron chi connectivity index (χ1n) is 7.19. The van der Waals surface area contributed by atoms with Crippen molar-refractivity contribution in [3.63, 3.8) is 0 Å². The molecule has 1 N–H and O–H groups in total. The number of aromatic nitrogens is 2. The zero-order valence-corrected chi connectivity index (χ0v) is 11.6. The molecule has 1 aliphatic carbocycles. The van der Waals surface area contributed by atoms with Gasteiger partial charge in [0.05, 0.1) is 17.2 Å². The average Bonchev–Trinajstić information content (AvgIpc) is 2.37. The second kappa shape index (κ2) is 5.16. The zero-order valence-electron chi connectivity index (χ0n) is 11.6. The minimum atomic E-state index is 0.536. The summed E-state index contributed by atoms with van der Waals surface area (Å²) in [5.74, 6) is 2.51. The van der Waals surface area contributed by atoms with E-state index in [1.165, 1.54) is 19.3 Å². The quantitative estimate of drug-likeness (QED) is 0.885. The monoisotopic (exact) mass is 255 g/mol. The molecule has 100 valence electrons. The van der Waals surface area contributed by atoms with E-state index in [0.717, 1.165) is 28.7 Å². The first kappa shape index (κ1) is 12.4. The van der Waals surface area contributed by atoms with Crippen LogP contribution in [0.1, 0.15) is 33.1 Å². The van der Waals surface area contributed by atoms with Crippen molar-refractivity contribution in [1.29, 1.82) is 0 Å². The number of nitrogens with one attached hydrogen (secondary N) is 1. The predicted molar refractivity (Wildman–Crippen MR) is 79.1 cm³/mol. The Hall–Kier alpha value is -1.64. The summed E-state index contributed by atoms with van der Waals surface area (Å²) in [6, 6.07) is 8.55. The van der Waals surface area contributed by atoms with Crippen molar-refractivity contribution in [2.45, 2.75) is 39.2 Å². The van der Waals surface area contributed by atoms with Gasteiger partial charge in [-0.3, -0.25) is 4.98 Å². The summed E-state index contributed by atoms with van der Waals surface area (Å²) in [5, 5.41) is 3.56. The summed E-state index contributed by atoms with van der Waals surface area (Å²) in [7, 11) is 0. The minimum absolute atomic E-state index is 0.536. The largest absolute Gasteiger partial charge is 0.366 e. The third-order valence-corrected chi connectivity index (χ3v) is 3.98. The summed E-state index contributed by atoms with van der Waals surface area (Å²) in [4.78, 5) is 9.11. The second-order valence-electron chi connectivity index (χ2n) is 6.00. The molecule has 2 unspecified atom stereocenters. The zero-order chi connectivity index (χ0) is 13.2. The van der Waals surface area contributed by atoms with E-state index in [9.17, 15) is 0 Å². The Labute approximate surface area is 114 Å². The summed E-state index contributed by atoms with van der Waals surface area (Å²) >= 11 is 0. The standard InChI is InChI=1S/C16H21N3/c1-11-7-12(2)9-13(8-11)18-16-10-17-14-5-3-4-6-15(14)19-16/h3-6,10-13H,7-9H2,1-2H3,(H,18,19). The van der Waals surface area contributed by atoms with Gasteiger partial charge in [-0.1, -0.05) is 26.0 Å². The number of anilines is 1. The van der Waals surface area contributed by atoms with E-state index in [1.807, 2.05) is 30.5 Å². The van der Waals surface area contributed by atoms with E-state index >= 15 is 0 Å². The van der Waals surface area contributed by atoms with Gasteiger partial charge in [-0.15, -0.1) is 0 Å². The highest BCUT2D eigenvalue weighted by atomic mass is 15.0. The van der Waals surface area contributed by atoms with Gasteiger partial charge >= 0.3 is 0 Å². The van der Waals surface area contributed by atoms with Gasteiger partial charge in [-0.2, -0.15) is 0 Å². The van der Waals surface area contributed by atoms with Crippen molar-refractivity contribution in [1.82, 2.24) is 9.97 Å². The fraction of sp³-hybridized carbons (Fsp3) is 0.500. The van der Waals surface area contributed by atoms with E-state index in [4.69, 9.17) is 0 Å². The number of hydrogen-bond acceptors (Lipinski definition) is 3. The molecule has 3 nitrogen and oxygen atoms in total. The van der Waals surface area contributed by atoms with Crippen LogP contribution in [0.15, 0.2) is 30.5 Å². The fourth-order valence-electron chi connectivity index (χ4n) is 3.30. The SMILES string of the molecule is CC1CC(C)CC(Nc2cnc3ccccc3n2)C1. The molecule has 1 saturated carbocycles. The highest BCUT2D eigenvalue weighted by Gasteiger charge is 2.23. The van der Waals surface area contributed by atoms with Crippen LogP contribution in [0.4, 0.5) is 5.82 Å². The van der Waals surface area contributed by atoms with Gasteiger partial charge in [-0.05, 0) is 43.2 Å². The smallest absolute Gasteiger partial charge is 0.145 e. The molecule has 1 aliphatic rings. The first-order valence-corrected chi connectivity index (χ1v) is 7.19. The van der Waals surface area contributed by atoms with Crippen molar-refractivity contribution < 1.29 is 0 Å². The molecule has 2 atom stereocenters. The van der Waals surface area contributed by atoms with E-state index in [0.29, 0.717) is 6.04 Å². The van der Waals surface area contributed by atoms with Crippen LogP contribution in [-0.2, 0) is 0 Å². The molecule has 0 saturated heterocycles. The first-order chi connectivity index (χ1) is 9.20. The molecule has 2 aromatic rings. The molecule has 0 aliphatic heterocycles. The summed E-state index contributed by atoms with van der Waals surface area (Å²) in [5.41, 5.74) is 1.92. The maximum absolute atomic E-state index is 4.65. The lowest BCUT2D eigenvalue weighted by molar-refractivity contribution is 0.280. The Morgan fingerprint density at radius 2 is 1.68 bits per heavy atom. The van der Waals surface area contributed by atoms with Crippen LogP contribution in [0.3, 0.4) is 0 Å². The maximum Gasteiger partial charge on any atom is 0.145 e. The van der Waals surface area contributed by atoms with Crippen LogP contribution in [0.5, 0.6) is 0 Å². The third kappa shape index (κ3) is 2.86. The van der Waals surface area contributed by atoms with Gasteiger partial charge in [-0.25, -0.2) is 4.98 Å². The Morgan fingerprint density at radius 3 is 2.42 bits per heavy atom. The normalized spacial score (nSPS) is 27.4. The number of para-hydroxylation sites is 2. The van der Waals surface area contributed by atoms with Gasteiger partial charge in [0.2, 0.25) is 0 Å². The molecule has 0 spiro atoms.